The van der Waals surface area contributed by atoms with Crippen molar-refractivity contribution in [2.45, 2.75) is 83.8 Å². The van der Waals surface area contributed by atoms with Gasteiger partial charge in [0.05, 0.1) is 17.8 Å². The highest BCUT2D eigenvalue weighted by Crippen LogP contribution is 2.66. The number of aliphatic hydroxyl groups excluding tert-OH is 1. The molecule has 3 nitrogen and oxygen atoms in total. The Morgan fingerprint density at radius 3 is 2.47 bits per heavy atom. The van der Waals surface area contributed by atoms with E-state index in [1.165, 1.54) is 43.4 Å². The minimum atomic E-state index is -0.206. The fourth-order valence-electron chi connectivity index (χ4n) is 9.70. The number of anilines is 1. The first kappa shape index (κ1) is 24.6. The molecule has 0 aromatic heterocycles. The lowest BCUT2D eigenvalue weighted by Gasteiger charge is -2.58. The van der Waals surface area contributed by atoms with E-state index in [0.717, 1.165) is 49.1 Å². The van der Waals surface area contributed by atoms with Crippen LogP contribution in [0.2, 0.25) is 0 Å². The zero-order valence-electron chi connectivity index (χ0n) is 22.8. The van der Waals surface area contributed by atoms with Crippen LogP contribution in [0.4, 0.5) is 10.1 Å². The van der Waals surface area contributed by atoms with Gasteiger partial charge in [0.25, 0.3) is 0 Å². The zero-order chi connectivity index (χ0) is 26.1. The van der Waals surface area contributed by atoms with Gasteiger partial charge in [-0.3, -0.25) is 5.01 Å². The lowest BCUT2D eigenvalue weighted by Crippen LogP contribution is -2.51. The minimum absolute atomic E-state index is 0.141. The molecule has 4 heteroatoms. The van der Waals surface area contributed by atoms with E-state index in [2.05, 4.69) is 55.3 Å². The van der Waals surface area contributed by atoms with Gasteiger partial charge in [0, 0.05) is 18.1 Å². The molecule has 7 rings (SSSR count). The van der Waals surface area contributed by atoms with Gasteiger partial charge in [0.1, 0.15) is 5.82 Å². The molecular formula is C34H41FN2O. The molecule has 0 radical (unpaired) electrons. The monoisotopic (exact) mass is 512 g/mol. The molecule has 3 fully saturated rings. The van der Waals surface area contributed by atoms with Gasteiger partial charge in [-0.25, -0.2) is 4.39 Å². The highest BCUT2D eigenvalue weighted by atomic mass is 19.1. The van der Waals surface area contributed by atoms with Gasteiger partial charge in [-0.2, -0.15) is 5.10 Å². The predicted molar refractivity (Wildman–Crippen MR) is 151 cm³/mol. The Morgan fingerprint density at radius 1 is 0.895 bits per heavy atom. The summed E-state index contributed by atoms with van der Waals surface area (Å²) >= 11 is 0. The van der Waals surface area contributed by atoms with Crippen molar-refractivity contribution in [1.82, 2.24) is 0 Å². The van der Waals surface area contributed by atoms with Gasteiger partial charge in [-0.15, -0.1) is 0 Å². The molecule has 1 heterocycles. The highest BCUT2D eigenvalue weighted by Gasteiger charge is 2.59. The van der Waals surface area contributed by atoms with E-state index in [-0.39, 0.29) is 28.8 Å². The Balaban J connectivity index is 1.19. The SMILES string of the molecule is C[C@]12CC[C@H]3[C@@H](CC=C4C[C@@H](O)CC[C@@]43C)[C@@H]1CC[C@@H]2C1=NN(c2ccc(F)cc2)C(c2ccccc2)C1. The van der Waals surface area contributed by atoms with Crippen LogP contribution in [0, 0.1) is 40.3 Å². The van der Waals surface area contributed by atoms with Crippen molar-refractivity contribution in [3.8, 4) is 0 Å². The number of nitrogens with zero attached hydrogens (tertiary/aromatic N) is 2. The van der Waals surface area contributed by atoms with Crippen LogP contribution in [-0.4, -0.2) is 16.9 Å². The number of hydrogen-bond donors (Lipinski definition) is 1. The first-order valence-electron chi connectivity index (χ1n) is 14.9. The Bertz CT molecular complexity index is 1260. The van der Waals surface area contributed by atoms with Crippen molar-refractivity contribution in [2.24, 2.45) is 39.6 Å². The molecule has 1 aliphatic heterocycles. The van der Waals surface area contributed by atoms with E-state index in [1.54, 1.807) is 17.7 Å². The van der Waals surface area contributed by atoms with Crippen molar-refractivity contribution in [3.63, 3.8) is 0 Å². The number of aliphatic hydroxyl groups is 1. The van der Waals surface area contributed by atoms with E-state index < -0.39 is 0 Å². The largest absolute Gasteiger partial charge is 0.393 e. The molecule has 4 aliphatic carbocycles. The third-order valence-electron chi connectivity index (χ3n) is 11.7. The number of rotatable bonds is 3. The van der Waals surface area contributed by atoms with E-state index >= 15 is 0 Å². The zero-order valence-corrected chi connectivity index (χ0v) is 22.8. The van der Waals surface area contributed by atoms with Crippen molar-refractivity contribution in [2.75, 3.05) is 5.01 Å². The van der Waals surface area contributed by atoms with Gasteiger partial charge in [-0.05, 0) is 110 Å². The molecule has 5 aliphatic rings. The van der Waals surface area contributed by atoms with Crippen LogP contribution >= 0.6 is 0 Å². The Kier molecular flexibility index (Phi) is 5.85. The predicted octanol–water partition coefficient (Wildman–Crippen LogP) is 8.07. The second-order valence-corrected chi connectivity index (χ2v) is 13.4. The third-order valence-corrected chi connectivity index (χ3v) is 11.7. The third kappa shape index (κ3) is 3.73. The molecule has 1 unspecified atom stereocenters. The van der Waals surface area contributed by atoms with Crippen LogP contribution in [0.3, 0.4) is 0 Å². The summed E-state index contributed by atoms with van der Waals surface area (Å²) in [5.41, 5.74) is 5.72. The quantitative estimate of drug-likeness (QED) is 0.422. The second kappa shape index (κ2) is 9.05. The van der Waals surface area contributed by atoms with Gasteiger partial charge < -0.3 is 5.11 Å². The number of hydrazone groups is 1. The molecule has 1 N–H and O–H groups in total. The Morgan fingerprint density at radius 2 is 1.68 bits per heavy atom. The molecule has 0 amide bonds. The number of halogens is 1. The van der Waals surface area contributed by atoms with Crippen LogP contribution in [-0.2, 0) is 0 Å². The normalized spacial score (nSPS) is 40.2. The first-order valence-corrected chi connectivity index (χ1v) is 14.9. The summed E-state index contributed by atoms with van der Waals surface area (Å²) in [6, 6.07) is 17.7. The maximum atomic E-state index is 13.8. The fraction of sp³-hybridized carbons (Fsp3) is 0.559. The molecular weight excluding hydrogens is 471 g/mol. The minimum Gasteiger partial charge on any atom is -0.393 e. The summed E-state index contributed by atoms with van der Waals surface area (Å²) in [4.78, 5) is 0. The molecule has 2 aromatic rings. The number of benzene rings is 2. The average Bonchev–Trinajstić information content (AvgIpc) is 3.51. The van der Waals surface area contributed by atoms with Crippen LogP contribution in [0.1, 0.15) is 83.2 Å². The topological polar surface area (TPSA) is 35.8 Å². The van der Waals surface area contributed by atoms with E-state index in [4.69, 9.17) is 5.10 Å². The molecule has 200 valence electrons. The van der Waals surface area contributed by atoms with Crippen molar-refractivity contribution < 1.29 is 9.50 Å². The first-order chi connectivity index (χ1) is 18.4. The van der Waals surface area contributed by atoms with E-state index in [0.29, 0.717) is 5.92 Å². The average molecular weight is 513 g/mol. The number of allylic oxidation sites excluding steroid dienone is 1. The lowest BCUT2D eigenvalue weighted by molar-refractivity contribution is -0.0424. The van der Waals surface area contributed by atoms with Gasteiger partial charge in [0.2, 0.25) is 0 Å². The summed E-state index contributed by atoms with van der Waals surface area (Å²) in [6.45, 7) is 5.10. The maximum Gasteiger partial charge on any atom is 0.123 e. The standard InChI is InChI=1S/C34H41FN2O/c1-33-18-16-26(38)20-23(33)8-13-27-28-14-15-30(34(28,2)19-17-29(27)33)31-21-32(22-6-4-3-5-7-22)37(36-31)25-11-9-24(35)10-12-25/h3-12,26-30,32,38H,13-21H2,1-2H3/t26-,27-,28-,29-,30+,32?,33-,34-/m0/s1. The maximum absolute atomic E-state index is 13.8. The molecule has 3 saturated carbocycles. The molecule has 0 spiro atoms. The van der Waals surface area contributed by atoms with Crippen molar-refractivity contribution in [3.05, 3.63) is 77.6 Å². The molecule has 0 saturated heterocycles. The molecule has 8 atom stereocenters. The van der Waals surface area contributed by atoms with Gasteiger partial charge >= 0.3 is 0 Å². The van der Waals surface area contributed by atoms with Gasteiger partial charge in [-0.1, -0.05) is 55.8 Å². The molecule has 2 aromatic carbocycles. The van der Waals surface area contributed by atoms with Crippen LogP contribution in [0.5, 0.6) is 0 Å². The van der Waals surface area contributed by atoms with E-state index in [1.807, 2.05) is 12.1 Å². The van der Waals surface area contributed by atoms with Crippen LogP contribution in [0.25, 0.3) is 0 Å². The number of fused-ring (bicyclic) bond motifs is 5. The summed E-state index contributed by atoms with van der Waals surface area (Å²) in [5.74, 6) is 2.55. The summed E-state index contributed by atoms with van der Waals surface area (Å²) < 4.78 is 13.8. The lowest BCUT2D eigenvalue weighted by atomic mass is 9.47. The Labute approximate surface area is 226 Å². The molecule has 0 bridgehead atoms. The van der Waals surface area contributed by atoms with Crippen LogP contribution in [0.15, 0.2) is 71.3 Å². The summed E-state index contributed by atoms with van der Waals surface area (Å²) in [6.07, 6.45) is 12.6. The highest BCUT2D eigenvalue weighted by molar-refractivity contribution is 5.92. The summed E-state index contributed by atoms with van der Waals surface area (Å²) in [7, 11) is 0. The summed E-state index contributed by atoms with van der Waals surface area (Å²) in [5, 5.41) is 17.9. The second-order valence-electron chi connectivity index (χ2n) is 13.4. The number of hydrogen-bond acceptors (Lipinski definition) is 3. The fourth-order valence-corrected chi connectivity index (χ4v) is 9.70. The van der Waals surface area contributed by atoms with E-state index in [9.17, 15) is 9.50 Å². The van der Waals surface area contributed by atoms with Gasteiger partial charge in [0.15, 0.2) is 0 Å². The molecule has 38 heavy (non-hydrogen) atoms. The van der Waals surface area contributed by atoms with Crippen LogP contribution < -0.4 is 5.01 Å². The Hall–Kier alpha value is -2.46. The van der Waals surface area contributed by atoms with Crippen molar-refractivity contribution >= 4 is 11.4 Å². The smallest absolute Gasteiger partial charge is 0.123 e. The van der Waals surface area contributed by atoms with Crippen molar-refractivity contribution in [1.29, 1.82) is 0 Å².